The van der Waals surface area contributed by atoms with Crippen molar-refractivity contribution in [1.29, 1.82) is 0 Å². The number of carboxylic acids is 1. The molecule has 0 bridgehead atoms. The third kappa shape index (κ3) is 6.09. The Kier molecular flexibility index (Phi) is 7.82. The van der Waals surface area contributed by atoms with Crippen LogP contribution in [0.5, 0.6) is 0 Å². The first-order valence-corrected chi connectivity index (χ1v) is 8.58. The first-order valence-electron chi connectivity index (χ1n) is 7.60. The number of hydrogen-bond donors (Lipinski definition) is 1. The van der Waals surface area contributed by atoms with Crippen molar-refractivity contribution >= 4 is 17.7 Å². The van der Waals surface area contributed by atoms with E-state index in [1.807, 2.05) is 13.1 Å². The lowest BCUT2D eigenvalue weighted by Crippen LogP contribution is -2.24. The Morgan fingerprint density at radius 1 is 1.48 bits per heavy atom. The molecule has 1 heterocycles. The van der Waals surface area contributed by atoms with E-state index in [-0.39, 0.29) is 5.75 Å². The molecule has 0 fully saturated rings. The number of imidazole rings is 1. The minimum atomic E-state index is -0.804. The predicted octanol–water partition coefficient (Wildman–Crippen LogP) is 3.05. The second-order valence-corrected chi connectivity index (χ2v) is 6.22. The van der Waals surface area contributed by atoms with Crippen LogP contribution in [-0.4, -0.2) is 50.9 Å². The fraction of sp³-hybridized carbons (Fsp3) is 0.733. The second kappa shape index (κ2) is 9.10. The summed E-state index contributed by atoms with van der Waals surface area (Å²) in [6.45, 7) is 11.8. The van der Waals surface area contributed by atoms with Crippen LogP contribution >= 0.6 is 11.8 Å². The zero-order valence-corrected chi connectivity index (χ0v) is 14.3. The highest BCUT2D eigenvalue weighted by atomic mass is 32.2. The minimum absolute atomic E-state index is 0.0582. The van der Waals surface area contributed by atoms with E-state index in [1.54, 1.807) is 0 Å². The van der Waals surface area contributed by atoms with Gasteiger partial charge in [0.15, 0.2) is 5.16 Å². The summed E-state index contributed by atoms with van der Waals surface area (Å²) < 4.78 is 2.12. The first kappa shape index (κ1) is 18.0. The summed E-state index contributed by atoms with van der Waals surface area (Å²) in [5.41, 5.74) is 0.943. The van der Waals surface area contributed by atoms with E-state index in [9.17, 15) is 4.79 Å². The highest BCUT2D eigenvalue weighted by molar-refractivity contribution is 7.99. The summed E-state index contributed by atoms with van der Waals surface area (Å²) in [5, 5.41) is 9.61. The molecule has 0 amide bonds. The fourth-order valence-electron chi connectivity index (χ4n) is 2.33. The lowest BCUT2D eigenvalue weighted by molar-refractivity contribution is -0.133. The van der Waals surface area contributed by atoms with Crippen molar-refractivity contribution in [2.24, 2.45) is 0 Å². The SMILES string of the molecule is CCN(CC)CCCC(C)n1cc(C)nc1SCC(=O)O. The summed E-state index contributed by atoms with van der Waals surface area (Å²) in [6.07, 6.45) is 4.24. The Morgan fingerprint density at radius 3 is 2.71 bits per heavy atom. The largest absolute Gasteiger partial charge is 0.481 e. The Hall–Kier alpha value is -1.01. The molecule has 1 rings (SSSR count). The lowest BCUT2D eigenvalue weighted by Gasteiger charge is -2.20. The van der Waals surface area contributed by atoms with Gasteiger partial charge in [-0.15, -0.1) is 0 Å². The molecule has 0 spiro atoms. The predicted molar refractivity (Wildman–Crippen MR) is 87.1 cm³/mol. The molecule has 21 heavy (non-hydrogen) atoms. The van der Waals surface area contributed by atoms with Crippen LogP contribution in [0.3, 0.4) is 0 Å². The molecule has 0 saturated heterocycles. The number of rotatable bonds is 10. The van der Waals surface area contributed by atoms with Gasteiger partial charge in [0.05, 0.1) is 11.4 Å². The van der Waals surface area contributed by atoms with Crippen LogP contribution in [0, 0.1) is 6.92 Å². The molecule has 1 aromatic rings. The molecular formula is C15H27N3O2S. The van der Waals surface area contributed by atoms with Crippen LogP contribution in [0.2, 0.25) is 0 Å². The van der Waals surface area contributed by atoms with Gasteiger partial charge in [0, 0.05) is 12.2 Å². The van der Waals surface area contributed by atoms with Crippen molar-refractivity contribution in [3.05, 3.63) is 11.9 Å². The molecule has 120 valence electrons. The molecule has 0 aliphatic carbocycles. The number of hydrogen-bond acceptors (Lipinski definition) is 4. The van der Waals surface area contributed by atoms with Gasteiger partial charge < -0.3 is 14.6 Å². The lowest BCUT2D eigenvalue weighted by atomic mass is 10.1. The smallest absolute Gasteiger partial charge is 0.313 e. The van der Waals surface area contributed by atoms with E-state index >= 15 is 0 Å². The molecule has 0 saturated carbocycles. The molecule has 0 aliphatic heterocycles. The van der Waals surface area contributed by atoms with Crippen molar-refractivity contribution in [1.82, 2.24) is 14.5 Å². The average molecular weight is 313 g/mol. The van der Waals surface area contributed by atoms with E-state index in [1.165, 1.54) is 11.8 Å². The third-order valence-electron chi connectivity index (χ3n) is 3.61. The van der Waals surface area contributed by atoms with E-state index in [4.69, 9.17) is 5.11 Å². The topological polar surface area (TPSA) is 58.4 Å². The van der Waals surface area contributed by atoms with Crippen molar-refractivity contribution < 1.29 is 9.90 Å². The Morgan fingerprint density at radius 2 is 2.14 bits per heavy atom. The average Bonchev–Trinajstić information content (AvgIpc) is 2.82. The molecule has 1 atom stereocenters. The van der Waals surface area contributed by atoms with Crippen molar-refractivity contribution in [3.63, 3.8) is 0 Å². The summed E-state index contributed by atoms with van der Waals surface area (Å²) in [4.78, 5) is 17.6. The Labute approximate surface area is 131 Å². The van der Waals surface area contributed by atoms with Gasteiger partial charge in [-0.3, -0.25) is 4.79 Å². The molecule has 0 aliphatic rings. The second-order valence-electron chi connectivity index (χ2n) is 5.27. The number of carbonyl (C=O) groups is 1. The highest BCUT2D eigenvalue weighted by Gasteiger charge is 2.14. The van der Waals surface area contributed by atoms with E-state index in [0.717, 1.165) is 43.3 Å². The standard InChI is InChI=1S/C15H27N3O2S/c1-5-17(6-2)9-7-8-13(4)18-10-12(3)16-15(18)21-11-14(19)20/h10,13H,5-9,11H2,1-4H3,(H,19,20). The van der Waals surface area contributed by atoms with Crippen LogP contribution in [0.15, 0.2) is 11.4 Å². The van der Waals surface area contributed by atoms with Gasteiger partial charge in [-0.1, -0.05) is 25.6 Å². The molecule has 5 nitrogen and oxygen atoms in total. The maximum absolute atomic E-state index is 10.7. The zero-order valence-electron chi connectivity index (χ0n) is 13.5. The molecule has 1 aromatic heterocycles. The number of nitrogens with zero attached hydrogens (tertiary/aromatic N) is 3. The van der Waals surface area contributed by atoms with Gasteiger partial charge in [0.25, 0.3) is 0 Å². The van der Waals surface area contributed by atoms with Gasteiger partial charge in [0.1, 0.15) is 0 Å². The van der Waals surface area contributed by atoms with Crippen molar-refractivity contribution in [2.75, 3.05) is 25.4 Å². The number of aromatic nitrogens is 2. The third-order valence-corrected chi connectivity index (χ3v) is 4.56. The van der Waals surface area contributed by atoms with E-state index in [2.05, 4.69) is 35.2 Å². The Bertz CT molecular complexity index is 444. The van der Waals surface area contributed by atoms with Crippen molar-refractivity contribution in [3.8, 4) is 0 Å². The maximum Gasteiger partial charge on any atom is 0.313 e. The molecular weight excluding hydrogens is 286 g/mol. The number of aryl methyl sites for hydroxylation is 1. The summed E-state index contributed by atoms with van der Waals surface area (Å²) in [6, 6.07) is 0.345. The van der Waals surface area contributed by atoms with Crippen LogP contribution in [0.4, 0.5) is 0 Å². The van der Waals surface area contributed by atoms with E-state index in [0.29, 0.717) is 6.04 Å². The number of carboxylic acid groups (broad SMARTS) is 1. The van der Waals surface area contributed by atoms with Crippen LogP contribution < -0.4 is 0 Å². The van der Waals surface area contributed by atoms with Gasteiger partial charge in [0.2, 0.25) is 0 Å². The Balaban J connectivity index is 2.56. The summed E-state index contributed by atoms with van der Waals surface area (Å²) in [7, 11) is 0. The van der Waals surface area contributed by atoms with Crippen LogP contribution in [0.25, 0.3) is 0 Å². The van der Waals surface area contributed by atoms with Crippen LogP contribution in [0.1, 0.15) is 45.3 Å². The molecule has 0 radical (unpaired) electrons. The molecule has 1 unspecified atom stereocenters. The molecule has 1 N–H and O–H groups in total. The molecule has 6 heteroatoms. The van der Waals surface area contributed by atoms with Crippen LogP contribution in [-0.2, 0) is 4.79 Å². The van der Waals surface area contributed by atoms with Gasteiger partial charge in [-0.05, 0) is 46.3 Å². The monoisotopic (exact) mass is 313 g/mol. The van der Waals surface area contributed by atoms with Crippen molar-refractivity contribution in [2.45, 2.75) is 51.7 Å². The number of thioether (sulfide) groups is 1. The zero-order chi connectivity index (χ0) is 15.8. The summed E-state index contributed by atoms with van der Waals surface area (Å²) in [5.74, 6) is -0.746. The fourth-order valence-corrected chi connectivity index (χ4v) is 3.17. The van der Waals surface area contributed by atoms with Gasteiger partial charge in [-0.2, -0.15) is 0 Å². The number of aliphatic carboxylic acids is 1. The maximum atomic E-state index is 10.7. The molecule has 0 aromatic carbocycles. The highest BCUT2D eigenvalue weighted by Crippen LogP contribution is 2.24. The quantitative estimate of drug-likeness (QED) is 0.673. The van der Waals surface area contributed by atoms with Gasteiger partial charge in [-0.25, -0.2) is 4.98 Å². The van der Waals surface area contributed by atoms with Gasteiger partial charge >= 0.3 is 5.97 Å². The first-order chi connectivity index (χ1) is 9.97. The summed E-state index contributed by atoms with van der Waals surface area (Å²) >= 11 is 1.29. The minimum Gasteiger partial charge on any atom is -0.481 e. The van der Waals surface area contributed by atoms with E-state index < -0.39 is 5.97 Å². The normalized spacial score (nSPS) is 12.8.